The standard InChI is InChI=1S/C22H13Cl2FN2O/c23-16-9-6-15(19(24)13-16)12-20-22(28)27(18-4-2-1-3-5-18)21(26-20)14-7-10-17(25)11-8-14/h1-13H/b20-12+. The van der Waals surface area contributed by atoms with Crippen molar-refractivity contribution in [3.05, 3.63) is 105 Å². The lowest BCUT2D eigenvalue weighted by Gasteiger charge is -2.18. The van der Waals surface area contributed by atoms with E-state index in [0.29, 0.717) is 32.7 Å². The van der Waals surface area contributed by atoms with E-state index in [1.165, 1.54) is 17.0 Å². The van der Waals surface area contributed by atoms with Crippen LogP contribution in [-0.2, 0) is 4.79 Å². The number of rotatable bonds is 3. The molecule has 0 bridgehead atoms. The Balaban J connectivity index is 1.83. The van der Waals surface area contributed by atoms with Crippen molar-refractivity contribution in [1.82, 2.24) is 0 Å². The molecule has 1 aliphatic rings. The van der Waals surface area contributed by atoms with Gasteiger partial charge in [-0.2, -0.15) is 0 Å². The topological polar surface area (TPSA) is 32.7 Å². The number of carbonyl (C=O) groups excluding carboxylic acids is 1. The Hall–Kier alpha value is -2.95. The van der Waals surface area contributed by atoms with Gasteiger partial charge in [0.25, 0.3) is 5.91 Å². The normalized spacial score (nSPS) is 15.2. The maximum Gasteiger partial charge on any atom is 0.282 e. The molecule has 138 valence electrons. The third-order valence-corrected chi connectivity index (χ3v) is 4.79. The van der Waals surface area contributed by atoms with Crippen molar-refractivity contribution in [2.45, 2.75) is 0 Å². The molecule has 0 saturated carbocycles. The Bertz CT molecular complexity index is 1110. The van der Waals surface area contributed by atoms with E-state index in [2.05, 4.69) is 4.99 Å². The van der Waals surface area contributed by atoms with Gasteiger partial charge in [-0.15, -0.1) is 0 Å². The zero-order valence-corrected chi connectivity index (χ0v) is 16.0. The maximum absolute atomic E-state index is 13.4. The van der Waals surface area contributed by atoms with Crippen LogP contribution in [0, 0.1) is 5.82 Å². The molecule has 0 saturated heterocycles. The monoisotopic (exact) mass is 410 g/mol. The van der Waals surface area contributed by atoms with Gasteiger partial charge in [-0.3, -0.25) is 9.69 Å². The summed E-state index contributed by atoms with van der Waals surface area (Å²) in [5.41, 5.74) is 2.16. The van der Waals surface area contributed by atoms with Gasteiger partial charge in [0.1, 0.15) is 17.3 Å². The van der Waals surface area contributed by atoms with Gasteiger partial charge in [-0.05, 0) is 60.2 Å². The smallest absolute Gasteiger partial charge is 0.266 e. The van der Waals surface area contributed by atoms with Crippen molar-refractivity contribution in [1.29, 1.82) is 0 Å². The molecule has 1 aliphatic heterocycles. The Kier molecular flexibility index (Phi) is 4.99. The average Bonchev–Trinajstić information content (AvgIpc) is 3.01. The molecule has 3 nitrogen and oxygen atoms in total. The van der Waals surface area contributed by atoms with Gasteiger partial charge in [0.15, 0.2) is 0 Å². The fraction of sp³-hybridized carbons (Fsp3) is 0. The molecular formula is C22H13Cl2FN2O. The second kappa shape index (κ2) is 7.58. The summed E-state index contributed by atoms with van der Waals surface area (Å²) >= 11 is 12.2. The highest BCUT2D eigenvalue weighted by molar-refractivity contribution is 6.36. The van der Waals surface area contributed by atoms with Crippen molar-refractivity contribution in [2.75, 3.05) is 4.90 Å². The minimum atomic E-state index is -0.358. The molecule has 0 unspecified atom stereocenters. The molecule has 28 heavy (non-hydrogen) atoms. The molecule has 0 aromatic heterocycles. The maximum atomic E-state index is 13.4. The number of aliphatic imine (C=N–C) groups is 1. The molecule has 0 fully saturated rings. The first kappa shape index (κ1) is 18.4. The first-order chi connectivity index (χ1) is 13.5. The number of halogens is 3. The van der Waals surface area contributed by atoms with Crippen LogP contribution in [0.15, 0.2) is 83.5 Å². The van der Waals surface area contributed by atoms with Crippen molar-refractivity contribution >= 4 is 46.7 Å². The molecule has 0 radical (unpaired) electrons. The average molecular weight is 411 g/mol. The number of amides is 1. The number of benzene rings is 3. The molecule has 0 spiro atoms. The lowest BCUT2D eigenvalue weighted by molar-refractivity contribution is -0.113. The van der Waals surface area contributed by atoms with Gasteiger partial charge in [0, 0.05) is 15.6 Å². The molecule has 1 amide bonds. The summed E-state index contributed by atoms with van der Waals surface area (Å²) in [6, 6.07) is 20.0. The van der Waals surface area contributed by atoms with E-state index in [-0.39, 0.29) is 17.4 Å². The van der Waals surface area contributed by atoms with Crippen LogP contribution in [-0.4, -0.2) is 11.7 Å². The van der Waals surface area contributed by atoms with Crippen LogP contribution in [0.3, 0.4) is 0 Å². The molecular weight excluding hydrogens is 398 g/mol. The van der Waals surface area contributed by atoms with E-state index in [1.54, 1.807) is 36.4 Å². The van der Waals surface area contributed by atoms with Gasteiger partial charge >= 0.3 is 0 Å². The zero-order chi connectivity index (χ0) is 19.7. The zero-order valence-electron chi connectivity index (χ0n) is 14.4. The van der Waals surface area contributed by atoms with E-state index in [9.17, 15) is 9.18 Å². The highest BCUT2D eigenvalue weighted by atomic mass is 35.5. The quantitative estimate of drug-likeness (QED) is 0.489. The fourth-order valence-electron chi connectivity index (χ4n) is 2.89. The number of carbonyl (C=O) groups is 1. The molecule has 3 aromatic carbocycles. The number of amidine groups is 1. The van der Waals surface area contributed by atoms with E-state index < -0.39 is 0 Å². The van der Waals surface area contributed by atoms with Crippen LogP contribution in [0.4, 0.5) is 10.1 Å². The largest absolute Gasteiger partial charge is 0.282 e. The minimum absolute atomic E-state index is 0.229. The predicted molar refractivity (Wildman–Crippen MR) is 111 cm³/mol. The summed E-state index contributed by atoms with van der Waals surface area (Å²) < 4.78 is 13.4. The highest BCUT2D eigenvalue weighted by Gasteiger charge is 2.32. The second-order valence-electron chi connectivity index (χ2n) is 6.11. The van der Waals surface area contributed by atoms with Crippen LogP contribution in [0.2, 0.25) is 10.0 Å². The van der Waals surface area contributed by atoms with Gasteiger partial charge in [0.2, 0.25) is 0 Å². The van der Waals surface area contributed by atoms with Crippen molar-refractivity contribution in [3.63, 3.8) is 0 Å². The molecule has 1 heterocycles. The summed E-state index contributed by atoms with van der Waals surface area (Å²) in [5, 5.41) is 0.927. The number of hydrogen-bond donors (Lipinski definition) is 0. The first-order valence-corrected chi connectivity index (χ1v) is 9.19. The second-order valence-corrected chi connectivity index (χ2v) is 6.96. The Morgan fingerprint density at radius 2 is 1.64 bits per heavy atom. The van der Waals surface area contributed by atoms with Crippen LogP contribution in [0.5, 0.6) is 0 Å². The molecule has 4 rings (SSSR count). The molecule has 3 aromatic rings. The summed E-state index contributed by atoms with van der Waals surface area (Å²) in [5.74, 6) is -0.229. The SMILES string of the molecule is O=C1/C(=C\c2ccc(Cl)cc2Cl)N=C(c2ccc(F)cc2)N1c1ccccc1. The fourth-order valence-corrected chi connectivity index (χ4v) is 3.35. The Morgan fingerprint density at radius 3 is 2.32 bits per heavy atom. The third kappa shape index (κ3) is 3.57. The summed E-state index contributed by atoms with van der Waals surface area (Å²) in [4.78, 5) is 19.2. The van der Waals surface area contributed by atoms with Crippen LogP contribution >= 0.6 is 23.2 Å². The lowest BCUT2D eigenvalue weighted by Crippen LogP contribution is -2.32. The molecule has 0 atom stereocenters. The molecule has 6 heteroatoms. The number of anilines is 1. The first-order valence-electron chi connectivity index (χ1n) is 8.44. The van der Waals surface area contributed by atoms with Gasteiger partial charge < -0.3 is 0 Å². The van der Waals surface area contributed by atoms with Crippen LogP contribution < -0.4 is 4.90 Å². The highest BCUT2D eigenvalue weighted by Crippen LogP contribution is 2.30. The summed E-state index contributed by atoms with van der Waals surface area (Å²) in [6.07, 6.45) is 1.62. The van der Waals surface area contributed by atoms with E-state index in [4.69, 9.17) is 23.2 Å². The van der Waals surface area contributed by atoms with E-state index in [0.717, 1.165) is 0 Å². The molecule has 0 aliphatic carbocycles. The van der Waals surface area contributed by atoms with Crippen molar-refractivity contribution in [2.24, 2.45) is 4.99 Å². The number of nitrogens with zero attached hydrogens (tertiary/aromatic N) is 2. The third-order valence-electron chi connectivity index (χ3n) is 4.23. The number of hydrogen-bond acceptors (Lipinski definition) is 2. The van der Waals surface area contributed by atoms with Gasteiger partial charge in [0.05, 0.1) is 5.69 Å². The van der Waals surface area contributed by atoms with E-state index in [1.807, 2.05) is 30.3 Å². The predicted octanol–water partition coefficient (Wildman–Crippen LogP) is 5.97. The molecule has 0 N–H and O–H groups in total. The van der Waals surface area contributed by atoms with Crippen LogP contribution in [0.1, 0.15) is 11.1 Å². The Labute approximate surface area is 171 Å². The van der Waals surface area contributed by atoms with Crippen molar-refractivity contribution in [3.8, 4) is 0 Å². The lowest BCUT2D eigenvalue weighted by atomic mass is 10.1. The van der Waals surface area contributed by atoms with E-state index >= 15 is 0 Å². The summed E-state index contributed by atoms with van der Waals surface area (Å²) in [6.45, 7) is 0. The van der Waals surface area contributed by atoms with Gasteiger partial charge in [-0.25, -0.2) is 9.38 Å². The Morgan fingerprint density at radius 1 is 0.929 bits per heavy atom. The summed E-state index contributed by atoms with van der Waals surface area (Å²) in [7, 11) is 0. The number of para-hydroxylation sites is 1. The van der Waals surface area contributed by atoms with Crippen LogP contribution in [0.25, 0.3) is 6.08 Å². The van der Waals surface area contributed by atoms with Gasteiger partial charge in [-0.1, -0.05) is 47.5 Å². The van der Waals surface area contributed by atoms with Crippen molar-refractivity contribution < 1.29 is 9.18 Å². The minimum Gasteiger partial charge on any atom is -0.266 e.